The van der Waals surface area contributed by atoms with Gasteiger partial charge >= 0.3 is 6.03 Å². The van der Waals surface area contributed by atoms with Gasteiger partial charge in [0, 0.05) is 11.6 Å². The van der Waals surface area contributed by atoms with Crippen LogP contribution in [0.5, 0.6) is 0 Å². The zero-order chi connectivity index (χ0) is 18.4. The molecule has 1 aromatic carbocycles. The summed E-state index contributed by atoms with van der Waals surface area (Å²) in [6.07, 6.45) is 1.55. The maximum Gasteiger partial charge on any atom is 0.321 e. The average molecular weight is 382 g/mol. The van der Waals surface area contributed by atoms with Crippen LogP contribution >= 0.6 is 23.4 Å². The van der Waals surface area contributed by atoms with E-state index in [9.17, 15) is 9.59 Å². The second-order valence-electron chi connectivity index (χ2n) is 5.82. The lowest BCUT2D eigenvalue weighted by Crippen LogP contribution is -2.43. The Morgan fingerprint density at radius 2 is 2.08 bits per heavy atom. The van der Waals surface area contributed by atoms with Crippen LogP contribution in [0.25, 0.3) is 5.69 Å². The molecule has 0 bridgehead atoms. The van der Waals surface area contributed by atoms with E-state index in [1.54, 1.807) is 30.0 Å². The SMILES string of the molecule is CC(C)CNC(=O)NC(=O)C(C)Sc1nncn1-c1cccc(Cl)c1. The number of thioether (sulfide) groups is 1. The molecule has 2 rings (SSSR count). The van der Waals surface area contributed by atoms with Crippen molar-refractivity contribution >= 4 is 35.3 Å². The van der Waals surface area contributed by atoms with Crippen LogP contribution in [0.15, 0.2) is 35.7 Å². The van der Waals surface area contributed by atoms with Crippen molar-refractivity contribution in [1.82, 2.24) is 25.4 Å². The van der Waals surface area contributed by atoms with Gasteiger partial charge in [0.05, 0.1) is 10.9 Å². The number of imide groups is 1. The minimum atomic E-state index is -0.521. The fourth-order valence-electron chi connectivity index (χ4n) is 1.87. The second kappa shape index (κ2) is 8.87. The van der Waals surface area contributed by atoms with Crippen molar-refractivity contribution in [3.63, 3.8) is 0 Å². The Labute approximate surface area is 155 Å². The fourth-order valence-corrected chi connectivity index (χ4v) is 2.90. The van der Waals surface area contributed by atoms with Crippen molar-refractivity contribution in [2.24, 2.45) is 5.92 Å². The van der Waals surface area contributed by atoms with Gasteiger partial charge in [-0.25, -0.2) is 4.79 Å². The number of halogens is 1. The highest BCUT2D eigenvalue weighted by atomic mass is 35.5. The largest absolute Gasteiger partial charge is 0.338 e. The lowest BCUT2D eigenvalue weighted by Gasteiger charge is -2.13. The van der Waals surface area contributed by atoms with Gasteiger partial charge in [0.1, 0.15) is 6.33 Å². The first-order valence-electron chi connectivity index (χ1n) is 7.78. The summed E-state index contributed by atoms with van der Waals surface area (Å²) < 4.78 is 1.74. The van der Waals surface area contributed by atoms with Gasteiger partial charge in [-0.1, -0.05) is 43.3 Å². The second-order valence-corrected chi connectivity index (χ2v) is 7.56. The molecule has 3 amide bonds. The van der Waals surface area contributed by atoms with Crippen LogP contribution in [0.1, 0.15) is 20.8 Å². The summed E-state index contributed by atoms with van der Waals surface area (Å²) in [6.45, 7) is 6.16. The van der Waals surface area contributed by atoms with Gasteiger partial charge in [-0.05, 0) is 31.0 Å². The van der Waals surface area contributed by atoms with Crippen LogP contribution in [-0.4, -0.2) is 38.5 Å². The van der Waals surface area contributed by atoms with E-state index < -0.39 is 17.2 Å². The number of nitrogens with zero attached hydrogens (tertiary/aromatic N) is 3. The molecule has 0 fully saturated rings. The molecule has 134 valence electrons. The molecular weight excluding hydrogens is 362 g/mol. The van der Waals surface area contributed by atoms with Crippen LogP contribution in [0.3, 0.4) is 0 Å². The van der Waals surface area contributed by atoms with Crippen molar-refractivity contribution in [3.8, 4) is 5.69 Å². The van der Waals surface area contributed by atoms with Crippen molar-refractivity contribution in [2.75, 3.05) is 6.54 Å². The van der Waals surface area contributed by atoms with Crippen molar-refractivity contribution in [1.29, 1.82) is 0 Å². The van der Waals surface area contributed by atoms with Gasteiger partial charge < -0.3 is 5.32 Å². The normalized spacial score (nSPS) is 12.0. The summed E-state index contributed by atoms with van der Waals surface area (Å²) in [5.74, 6) is -0.0872. The van der Waals surface area contributed by atoms with Gasteiger partial charge in [0.2, 0.25) is 5.91 Å². The molecule has 25 heavy (non-hydrogen) atoms. The molecule has 0 radical (unpaired) electrons. The Morgan fingerprint density at radius 3 is 2.76 bits per heavy atom. The highest BCUT2D eigenvalue weighted by Gasteiger charge is 2.20. The molecule has 0 saturated heterocycles. The first-order chi connectivity index (χ1) is 11.9. The molecule has 0 aliphatic heterocycles. The van der Waals surface area contributed by atoms with E-state index in [0.717, 1.165) is 5.69 Å². The van der Waals surface area contributed by atoms with Gasteiger partial charge in [0.15, 0.2) is 5.16 Å². The van der Waals surface area contributed by atoms with Crippen molar-refractivity contribution in [2.45, 2.75) is 31.2 Å². The molecule has 2 N–H and O–H groups in total. The summed E-state index contributed by atoms with van der Waals surface area (Å²) >= 11 is 7.22. The number of amides is 3. The van der Waals surface area contributed by atoms with E-state index in [4.69, 9.17) is 11.6 Å². The standard InChI is InChI=1S/C16H20ClN5O2S/c1-10(2)8-18-15(24)20-14(23)11(3)25-16-21-19-9-22(16)13-6-4-5-12(17)7-13/h4-7,9-11H,8H2,1-3H3,(H2,18,20,23,24). The molecule has 0 spiro atoms. The number of hydrogen-bond donors (Lipinski definition) is 2. The molecule has 1 aromatic heterocycles. The summed E-state index contributed by atoms with van der Waals surface area (Å²) in [7, 11) is 0. The number of carbonyl (C=O) groups excluding carboxylic acids is 2. The quantitative estimate of drug-likeness (QED) is 0.751. The Bertz CT molecular complexity index is 750. The predicted octanol–water partition coefficient (Wildman–Crippen LogP) is 2.88. The maximum atomic E-state index is 12.2. The summed E-state index contributed by atoms with van der Waals surface area (Å²) in [5, 5.41) is 13.5. The van der Waals surface area contributed by atoms with E-state index in [-0.39, 0.29) is 0 Å². The van der Waals surface area contributed by atoms with Crippen molar-refractivity contribution < 1.29 is 9.59 Å². The topological polar surface area (TPSA) is 88.9 Å². The van der Waals surface area contributed by atoms with Crippen molar-refractivity contribution in [3.05, 3.63) is 35.6 Å². The first-order valence-corrected chi connectivity index (χ1v) is 9.04. The molecule has 1 unspecified atom stereocenters. The third-order valence-electron chi connectivity index (χ3n) is 3.16. The molecule has 0 saturated carbocycles. The van der Waals surface area contributed by atoms with E-state index in [2.05, 4.69) is 20.8 Å². The van der Waals surface area contributed by atoms with Crippen LogP contribution in [0.2, 0.25) is 5.02 Å². The van der Waals surface area contributed by atoms with Crippen LogP contribution in [0.4, 0.5) is 4.79 Å². The van der Waals surface area contributed by atoms with Crippen LogP contribution < -0.4 is 10.6 Å². The molecule has 0 aliphatic rings. The predicted molar refractivity (Wildman–Crippen MR) is 98.1 cm³/mol. The van der Waals surface area contributed by atoms with Gasteiger partial charge in [-0.2, -0.15) is 0 Å². The van der Waals surface area contributed by atoms with Crippen LogP contribution in [0, 0.1) is 5.92 Å². The minimum absolute atomic E-state index is 0.309. The third-order valence-corrected chi connectivity index (χ3v) is 4.45. The summed E-state index contributed by atoms with van der Waals surface area (Å²) in [6, 6.07) is 6.74. The first kappa shape index (κ1) is 19.3. The number of aromatic nitrogens is 3. The number of benzene rings is 1. The molecule has 9 heteroatoms. The fraction of sp³-hybridized carbons (Fsp3) is 0.375. The zero-order valence-corrected chi connectivity index (χ0v) is 15.8. The van der Waals surface area contributed by atoms with E-state index >= 15 is 0 Å². The minimum Gasteiger partial charge on any atom is -0.338 e. The van der Waals surface area contributed by atoms with E-state index in [0.29, 0.717) is 22.6 Å². The molecular formula is C16H20ClN5O2S. The van der Waals surface area contributed by atoms with E-state index in [1.807, 2.05) is 26.0 Å². The lowest BCUT2D eigenvalue weighted by atomic mass is 10.2. The van der Waals surface area contributed by atoms with Crippen LogP contribution in [-0.2, 0) is 4.79 Å². The summed E-state index contributed by atoms with van der Waals surface area (Å²) in [5.41, 5.74) is 0.794. The van der Waals surface area contributed by atoms with Gasteiger partial charge in [-0.15, -0.1) is 10.2 Å². The Balaban J connectivity index is 1.99. The number of rotatable bonds is 6. The van der Waals surface area contributed by atoms with Gasteiger partial charge in [0.25, 0.3) is 0 Å². The number of urea groups is 1. The molecule has 1 heterocycles. The molecule has 0 aliphatic carbocycles. The number of hydrogen-bond acceptors (Lipinski definition) is 5. The highest BCUT2D eigenvalue weighted by Crippen LogP contribution is 2.25. The Morgan fingerprint density at radius 1 is 1.32 bits per heavy atom. The zero-order valence-electron chi connectivity index (χ0n) is 14.2. The Kier molecular flexibility index (Phi) is 6.83. The molecule has 1 atom stereocenters. The average Bonchev–Trinajstić information content (AvgIpc) is 3.01. The smallest absolute Gasteiger partial charge is 0.321 e. The maximum absolute atomic E-state index is 12.2. The Hall–Kier alpha value is -2.06. The van der Waals surface area contributed by atoms with E-state index in [1.165, 1.54) is 11.8 Å². The molecule has 7 nitrogen and oxygen atoms in total. The number of nitrogens with one attached hydrogen (secondary N) is 2. The lowest BCUT2D eigenvalue weighted by molar-refractivity contribution is -0.119. The molecule has 2 aromatic rings. The monoisotopic (exact) mass is 381 g/mol. The highest BCUT2D eigenvalue weighted by molar-refractivity contribution is 8.00. The third kappa shape index (κ3) is 5.75. The van der Waals surface area contributed by atoms with Gasteiger partial charge in [-0.3, -0.25) is 14.7 Å². The number of carbonyl (C=O) groups is 2. The summed E-state index contributed by atoms with van der Waals surface area (Å²) in [4.78, 5) is 23.8.